The summed E-state index contributed by atoms with van der Waals surface area (Å²) < 4.78 is 17.0. The van der Waals surface area contributed by atoms with E-state index in [1.54, 1.807) is 12.1 Å². The maximum atomic E-state index is 12.5. The first-order valence-corrected chi connectivity index (χ1v) is 9.22. The molecule has 0 radical (unpaired) electrons. The molecule has 1 aliphatic rings. The maximum absolute atomic E-state index is 12.5. The van der Waals surface area contributed by atoms with Crippen LogP contribution in [0.5, 0.6) is 17.2 Å². The minimum absolute atomic E-state index is 0.134. The van der Waals surface area contributed by atoms with E-state index < -0.39 is 0 Å². The summed E-state index contributed by atoms with van der Waals surface area (Å²) in [6.07, 6.45) is 0. The zero-order valence-electron chi connectivity index (χ0n) is 15.4. The minimum Gasteiger partial charge on any atom is -0.489 e. The highest BCUT2D eigenvalue weighted by Gasteiger charge is 2.16. The van der Waals surface area contributed by atoms with Crippen LogP contribution in [-0.4, -0.2) is 19.1 Å². The van der Waals surface area contributed by atoms with Crippen molar-refractivity contribution in [2.45, 2.75) is 13.2 Å². The zero-order chi connectivity index (χ0) is 19.2. The predicted octanol–water partition coefficient (Wildman–Crippen LogP) is 3.97. The Hall–Kier alpha value is -3.47. The molecule has 5 nitrogen and oxygen atoms in total. The van der Waals surface area contributed by atoms with Gasteiger partial charge in [-0.15, -0.1) is 0 Å². The molecule has 0 atom stereocenters. The van der Waals surface area contributed by atoms with Crippen molar-refractivity contribution in [3.05, 3.63) is 89.5 Å². The van der Waals surface area contributed by atoms with Crippen LogP contribution in [0.1, 0.15) is 21.5 Å². The van der Waals surface area contributed by atoms with Crippen LogP contribution in [0.15, 0.2) is 72.8 Å². The zero-order valence-corrected chi connectivity index (χ0v) is 15.4. The number of carbonyl (C=O) groups excluding carboxylic acids is 1. The molecule has 0 spiro atoms. The molecular formula is C23H21NO4. The Labute approximate surface area is 163 Å². The summed E-state index contributed by atoms with van der Waals surface area (Å²) in [6, 6.07) is 22.8. The molecule has 0 aliphatic carbocycles. The number of benzene rings is 3. The molecule has 142 valence electrons. The lowest BCUT2D eigenvalue weighted by molar-refractivity contribution is 0.0950. The van der Waals surface area contributed by atoms with Crippen LogP contribution in [-0.2, 0) is 13.2 Å². The van der Waals surface area contributed by atoms with Gasteiger partial charge in [0.2, 0.25) is 0 Å². The highest BCUT2D eigenvalue weighted by atomic mass is 16.6. The van der Waals surface area contributed by atoms with Crippen LogP contribution < -0.4 is 19.5 Å². The van der Waals surface area contributed by atoms with Crippen molar-refractivity contribution >= 4 is 5.91 Å². The van der Waals surface area contributed by atoms with Crippen molar-refractivity contribution in [2.75, 3.05) is 13.2 Å². The van der Waals surface area contributed by atoms with Crippen molar-refractivity contribution in [3.8, 4) is 17.2 Å². The third kappa shape index (κ3) is 4.26. The quantitative estimate of drug-likeness (QED) is 0.708. The van der Waals surface area contributed by atoms with Crippen LogP contribution in [0.3, 0.4) is 0 Å². The number of carbonyl (C=O) groups is 1. The Morgan fingerprint density at radius 3 is 2.50 bits per heavy atom. The SMILES string of the molecule is O=C(NCc1cccc2c1OCCO2)c1ccc(COc2ccccc2)cc1. The first-order valence-electron chi connectivity index (χ1n) is 9.22. The number of amides is 1. The maximum Gasteiger partial charge on any atom is 0.251 e. The lowest BCUT2D eigenvalue weighted by atomic mass is 10.1. The summed E-state index contributed by atoms with van der Waals surface area (Å²) in [6.45, 7) is 1.90. The summed E-state index contributed by atoms with van der Waals surface area (Å²) in [4.78, 5) is 12.5. The number of fused-ring (bicyclic) bond motifs is 1. The summed E-state index contributed by atoms with van der Waals surface area (Å²) >= 11 is 0. The molecule has 0 saturated heterocycles. The first-order chi connectivity index (χ1) is 13.8. The Bertz CT molecular complexity index is 939. The number of hydrogen-bond donors (Lipinski definition) is 1. The predicted molar refractivity (Wildman–Crippen MR) is 106 cm³/mol. The van der Waals surface area contributed by atoms with E-state index in [0.29, 0.717) is 37.7 Å². The van der Waals surface area contributed by atoms with Gasteiger partial charge in [-0.05, 0) is 35.9 Å². The summed E-state index contributed by atoms with van der Waals surface area (Å²) in [7, 11) is 0. The highest BCUT2D eigenvalue weighted by Crippen LogP contribution is 2.33. The third-order valence-electron chi connectivity index (χ3n) is 4.45. The molecule has 0 saturated carbocycles. The molecule has 28 heavy (non-hydrogen) atoms. The van der Waals surface area contributed by atoms with Crippen molar-refractivity contribution < 1.29 is 19.0 Å². The fraction of sp³-hybridized carbons (Fsp3) is 0.174. The van der Waals surface area contributed by atoms with E-state index in [1.165, 1.54) is 0 Å². The smallest absolute Gasteiger partial charge is 0.251 e. The molecule has 0 fully saturated rings. The monoisotopic (exact) mass is 375 g/mol. The Morgan fingerprint density at radius 1 is 0.893 bits per heavy atom. The van der Waals surface area contributed by atoms with Crippen molar-refractivity contribution in [1.29, 1.82) is 0 Å². The van der Waals surface area contributed by atoms with Gasteiger partial charge >= 0.3 is 0 Å². The van der Waals surface area contributed by atoms with Gasteiger partial charge in [0.1, 0.15) is 25.6 Å². The summed E-state index contributed by atoms with van der Waals surface area (Å²) in [5.41, 5.74) is 2.51. The topological polar surface area (TPSA) is 56.8 Å². The van der Waals surface area contributed by atoms with Gasteiger partial charge in [0.25, 0.3) is 5.91 Å². The molecule has 1 heterocycles. The highest BCUT2D eigenvalue weighted by molar-refractivity contribution is 5.94. The van der Waals surface area contributed by atoms with Gasteiger partial charge in [0.05, 0.1) is 0 Å². The normalized spacial score (nSPS) is 12.3. The van der Waals surface area contributed by atoms with Crippen LogP contribution >= 0.6 is 0 Å². The second-order valence-electron chi connectivity index (χ2n) is 6.42. The second-order valence-corrected chi connectivity index (χ2v) is 6.42. The number of para-hydroxylation sites is 2. The number of rotatable bonds is 6. The number of hydrogen-bond acceptors (Lipinski definition) is 4. The third-order valence-corrected chi connectivity index (χ3v) is 4.45. The van der Waals surface area contributed by atoms with Crippen molar-refractivity contribution in [1.82, 2.24) is 5.32 Å². The van der Waals surface area contributed by atoms with Gasteiger partial charge in [-0.2, -0.15) is 0 Å². The summed E-state index contributed by atoms with van der Waals surface area (Å²) in [5, 5.41) is 2.94. The molecule has 1 amide bonds. The van der Waals surface area contributed by atoms with E-state index in [1.807, 2.05) is 60.7 Å². The van der Waals surface area contributed by atoms with Crippen molar-refractivity contribution in [2.24, 2.45) is 0 Å². The standard InChI is InChI=1S/C23H21NO4/c25-23(24-15-19-5-4-8-21-22(19)27-14-13-26-21)18-11-9-17(10-12-18)16-28-20-6-2-1-3-7-20/h1-12H,13-16H2,(H,24,25). The van der Waals surface area contributed by atoms with Gasteiger partial charge in [-0.1, -0.05) is 42.5 Å². The molecule has 0 unspecified atom stereocenters. The van der Waals surface area contributed by atoms with E-state index in [9.17, 15) is 4.79 Å². The van der Waals surface area contributed by atoms with E-state index >= 15 is 0 Å². The average Bonchev–Trinajstić information content (AvgIpc) is 2.77. The van der Waals surface area contributed by atoms with Gasteiger partial charge in [-0.3, -0.25) is 4.79 Å². The Balaban J connectivity index is 1.34. The van der Waals surface area contributed by atoms with Gasteiger partial charge in [-0.25, -0.2) is 0 Å². The lowest BCUT2D eigenvalue weighted by Gasteiger charge is -2.21. The minimum atomic E-state index is -0.134. The molecule has 5 heteroatoms. The van der Waals surface area contributed by atoms with Gasteiger partial charge in [0.15, 0.2) is 11.5 Å². The van der Waals surface area contributed by atoms with E-state index in [4.69, 9.17) is 14.2 Å². The van der Waals surface area contributed by atoms with Crippen LogP contribution in [0.4, 0.5) is 0 Å². The number of nitrogens with one attached hydrogen (secondary N) is 1. The molecule has 1 aliphatic heterocycles. The molecule has 1 N–H and O–H groups in total. The average molecular weight is 375 g/mol. The molecule has 3 aromatic carbocycles. The van der Waals surface area contributed by atoms with Gasteiger partial charge < -0.3 is 19.5 Å². The molecule has 4 rings (SSSR count). The Kier molecular flexibility index (Phi) is 5.43. The molecule has 0 bridgehead atoms. The van der Waals surface area contributed by atoms with E-state index in [0.717, 1.165) is 22.6 Å². The van der Waals surface area contributed by atoms with E-state index in [2.05, 4.69) is 5.32 Å². The van der Waals surface area contributed by atoms with Gasteiger partial charge in [0, 0.05) is 17.7 Å². The van der Waals surface area contributed by atoms with Crippen LogP contribution in [0.25, 0.3) is 0 Å². The lowest BCUT2D eigenvalue weighted by Crippen LogP contribution is -2.24. The molecule has 0 aromatic heterocycles. The van der Waals surface area contributed by atoms with E-state index in [-0.39, 0.29) is 5.91 Å². The number of ether oxygens (including phenoxy) is 3. The summed E-state index contributed by atoms with van der Waals surface area (Å²) in [5.74, 6) is 2.12. The first kappa shape index (κ1) is 17.9. The molecule has 3 aromatic rings. The second kappa shape index (κ2) is 8.48. The fourth-order valence-electron chi connectivity index (χ4n) is 2.99. The van der Waals surface area contributed by atoms with Crippen molar-refractivity contribution in [3.63, 3.8) is 0 Å². The fourth-order valence-corrected chi connectivity index (χ4v) is 2.99. The van der Waals surface area contributed by atoms with Crippen LogP contribution in [0.2, 0.25) is 0 Å². The Morgan fingerprint density at radius 2 is 1.68 bits per heavy atom. The molecular weight excluding hydrogens is 354 g/mol. The largest absolute Gasteiger partial charge is 0.489 e. The van der Waals surface area contributed by atoms with Crippen LogP contribution in [0, 0.1) is 0 Å².